The number of phenolic OH excluding ortho intramolecular Hbond substituents is 4. The van der Waals surface area contributed by atoms with E-state index < -0.39 is 28.9 Å². The lowest BCUT2D eigenvalue weighted by Crippen LogP contribution is -2.13. The molecule has 5 aromatic heterocycles. The molecule has 29 heteroatoms. The van der Waals surface area contributed by atoms with Crippen molar-refractivity contribution in [3.05, 3.63) is 364 Å². The summed E-state index contributed by atoms with van der Waals surface area (Å²) in [6, 6.07) is 64.8. The average Bonchev–Trinajstić information content (AvgIpc) is 1.65. The molecule has 0 atom stereocenters. The number of benzene rings is 11. The van der Waals surface area contributed by atoms with Gasteiger partial charge in [-0.25, -0.2) is 4.39 Å². The van der Waals surface area contributed by atoms with Crippen molar-refractivity contribution in [1.29, 1.82) is 0 Å². The molecule has 0 saturated heterocycles. The van der Waals surface area contributed by atoms with E-state index >= 15 is 0 Å². The van der Waals surface area contributed by atoms with Gasteiger partial charge in [0, 0.05) is 57.0 Å². The normalized spacial score (nSPS) is 11.2. The molecule has 0 bridgehead atoms. The number of thiophene rings is 5. The summed E-state index contributed by atoms with van der Waals surface area (Å²) in [5, 5.41) is 44.0. The highest BCUT2D eigenvalue weighted by Gasteiger charge is 2.37. The molecule has 0 aliphatic heterocycles. The maximum atomic E-state index is 13.8. The summed E-state index contributed by atoms with van der Waals surface area (Å²) in [6.07, 6.45) is 6.80. The molecule has 0 fully saturated rings. The van der Waals surface area contributed by atoms with Crippen LogP contribution in [0.3, 0.4) is 0 Å². The number of hydrogen-bond acceptors (Lipinski definition) is 25. The van der Waals surface area contributed by atoms with Gasteiger partial charge in [0.15, 0.2) is 23.0 Å². The Hall–Kier alpha value is -15.4. The maximum absolute atomic E-state index is 13.8. The summed E-state index contributed by atoms with van der Waals surface area (Å²) in [4.78, 5) is 96.0. The minimum absolute atomic E-state index is 0.0272. The monoisotopic (exact) mass is 1800 g/mol. The SMILES string of the molecule is Cc1ccc(F)cc1C(=O)c1sc2cc(O)ccc2c1Oc1ccc(/C=C/OC=O)cc1.Cc1ccccc1C(=O)c1sc2cc(O)ccc2c1Oc1ccc(/C=C/OC=O)cc1.Cc1ccsc1C(=O)c1sc2cc(O)ccc2c1Oc1ccc(/C=C/OC=O)cc1.O=CO/C=C/c1ccc(Oc2c(C(=O)c3ccccc3C(F)(F)F)sc3cc(O)ccc23)cc1. The molecule has 4 N–H and O–H groups in total. The zero-order valence-corrected chi connectivity index (χ0v) is 70.6. The van der Waals surface area contributed by atoms with E-state index in [1.165, 1.54) is 119 Å². The van der Waals surface area contributed by atoms with Gasteiger partial charge in [0.2, 0.25) is 23.1 Å². The van der Waals surface area contributed by atoms with Crippen LogP contribution in [0, 0.1) is 26.6 Å². The largest absolute Gasteiger partial charge is 0.508 e. The molecule has 0 unspecified atom stereocenters. The van der Waals surface area contributed by atoms with Gasteiger partial charge in [0.05, 0.1) is 35.5 Å². The fourth-order valence-electron chi connectivity index (χ4n) is 12.6. The number of phenols is 4. The molecule has 16 rings (SSSR count). The van der Waals surface area contributed by atoms with E-state index in [1.54, 1.807) is 165 Å². The fraction of sp³-hybridized carbons (Fsp3) is 0.0408. The van der Waals surface area contributed by atoms with Crippen molar-refractivity contribution in [2.45, 2.75) is 26.9 Å². The van der Waals surface area contributed by atoms with E-state index in [-0.39, 0.29) is 63.0 Å². The van der Waals surface area contributed by atoms with Crippen molar-refractivity contribution in [2.24, 2.45) is 0 Å². The van der Waals surface area contributed by atoms with E-state index in [0.717, 1.165) is 71.5 Å². The number of aryl methyl sites for hydroxylation is 3. The van der Waals surface area contributed by atoms with Gasteiger partial charge in [0.1, 0.15) is 71.3 Å². The third-order valence-corrected chi connectivity index (χ3v) is 24.2. The third kappa shape index (κ3) is 22.0. The van der Waals surface area contributed by atoms with Crippen LogP contribution in [0.2, 0.25) is 0 Å². The van der Waals surface area contributed by atoms with Crippen LogP contribution in [0.15, 0.2) is 273 Å². The number of ether oxygens (including phenoxy) is 8. The molecule has 20 nitrogen and oxygen atoms in total. The van der Waals surface area contributed by atoms with Crippen LogP contribution in [-0.2, 0) is 44.3 Å². The van der Waals surface area contributed by atoms with Crippen molar-refractivity contribution >= 4 is 170 Å². The first-order valence-electron chi connectivity index (χ1n) is 37.7. The number of hydrogen-bond donors (Lipinski definition) is 4. The van der Waals surface area contributed by atoms with Crippen LogP contribution >= 0.6 is 56.7 Å². The number of aromatic hydroxyl groups is 4. The van der Waals surface area contributed by atoms with Crippen molar-refractivity contribution < 1.29 is 114 Å². The lowest BCUT2D eigenvalue weighted by Gasteiger charge is -2.12. The van der Waals surface area contributed by atoms with Crippen LogP contribution < -0.4 is 18.9 Å². The smallest absolute Gasteiger partial charge is 0.417 e. The molecular weight excluding hydrogens is 1730 g/mol. The molecule has 127 heavy (non-hydrogen) atoms. The van der Waals surface area contributed by atoms with Gasteiger partial charge < -0.3 is 58.3 Å². The number of ketones is 4. The van der Waals surface area contributed by atoms with E-state index in [0.29, 0.717) is 116 Å². The molecule has 16 aromatic rings. The highest BCUT2D eigenvalue weighted by molar-refractivity contribution is 7.23. The summed E-state index contributed by atoms with van der Waals surface area (Å²) in [6.45, 7) is 6.85. The molecule has 11 aromatic carbocycles. The number of halogens is 4. The van der Waals surface area contributed by atoms with E-state index in [9.17, 15) is 76.3 Å². The Morgan fingerprint density at radius 2 is 0.630 bits per heavy atom. The predicted molar refractivity (Wildman–Crippen MR) is 481 cm³/mol. The lowest BCUT2D eigenvalue weighted by molar-refractivity contribution is -0.138. The van der Waals surface area contributed by atoms with Crippen molar-refractivity contribution in [3.63, 3.8) is 0 Å². The van der Waals surface area contributed by atoms with Crippen LogP contribution in [0.5, 0.6) is 69.0 Å². The Bertz CT molecular complexity index is 6910. The molecule has 0 spiro atoms. The fourth-order valence-corrected chi connectivity index (χ4v) is 18.0. The number of alkyl halides is 3. The molecule has 0 saturated carbocycles. The number of rotatable bonds is 28. The van der Waals surface area contributed by atoms with Crippen molar-refractivity contribution in [3.8, 4) is 69.0 Å². The topological polar surface area (TPSA) is 291 Å². The Balaban J connectivity index is 0.000000145. The van der Waals surface area contributed by atoms with Gasteiger partial charge in [-0.3, -0.25) is 38.4 Å². The lowest BCUT2D eigenvalue weighted by atomic mass is 10.0. The van der Waals surface area contributed by atoms with Crippen molar-refractivity contribution in [2.75, 3.05) is 0 Å². The summed E-state index contributed by atoms with van der Waals surface area (Å²) >= 11 is 6.10. The molecule has 0 amide bonds. The van der Waals surface area contributed by atoms with E-state index in [1.807, 2.05) is 67.8 Å². The highest BCUT2D eigenvalue weighted by atomic mass is 32.1. The average molecular weight is 1800 g/mol. The van der Waals surface area contributed by atoms with E-state index in [2.05, 4.69) is 18.9 Å². The quantitative estimate of drug-likeness (QED) is 0.0116. The standard InChI is InChI=1S/C25H15F3O5S.C25H17FO5S.C25H18O5S.C23H16O5S2/c26-25(27,28)20-4-2-1-3-18(20)22(31)24-23(19-10-7-16(30)13-21(19)34-24)33-17-8-5-15(6-9-17)11-12-32-14-29;1-15-2-5-17(26)12-21(15)23(29)25-24(20-9-6-18(28)13-22(20)32-25)31-19-7-3-16(4-8-19)10-11-30-14-27;1-16-4-2-3-5-20(16)23(28)25-24(21-11-8-18(27)14-22(21)31-25)30-19-9-6-17(7-10-19)12-13-29-15-26;1-14-9-11-29-22(14)20(26)23-21(18-7-4-16(25)12-19(18)30-23)28-17-5-2-15(3-6-17)8-10-27-13-24/h1-14,30H;2-14,28H,1H3;2-15,27H,1H3;2-13,25H,1H3/b12-11+;11-10+;13-12+;10-8+. The van der Waals surface area contributed by atoms with Crippen LogP contribution in [0.1, 0.15) is 105 Å². The van der Waals surface area contributed by atoms with Crippen LogP contribution in [0.4, 0.5) is 17.6 Å². The molecular formula is C98H66F4O20S5. The second-order valence-corrected chi connectivity index (χ2v) is 32.3. The Morgan fingerprint density at radius 3 is 0.953 bits per heavy atom. The first-order valence-corrected chi connectivity index (χ1v) is 41.9. The number of carbonyl (C=O) groups excluding carboxylic acids is 8. The molecule has 636 valence electrons. The van der Waals surface area contributed by atoms with Gasteiger partial charge in [-0.1, -0.05) is 97.1 Å². The minimum Gasteiger partial charge on any atom is -0.508 e. The Morgan fingerprint density at radius 1 is 0.323 bits per heavy atom. The van der Waals surface area contributed by atoms with Gasteiger partial charge in [-0.05, 0) is 235 Å². The molecule has 0 aliphatic carbocycles. The van der Waals surface area contributed by atoms with Gasteiger partial charge in [-0.2, -0.15) is 13.2 Å². The summed E-state index contributed by atoms with van der Waals surface area (Å²) in [5.41, 5.74) is 4.91. The summed E-state index contributed by atoms with van der Waals surface area (Å²) in [5.74, 6) is 1.66. The molecule has 0 radical (unpaired) electrons. The maximum Gasteiger partial charge on any atom is 0.417 e. The third-order valence-electron chi connectivity index (χ3n) is 18.7. The Labute approximate surface area is 740 Å². The minimum atomic E-state index is -4.71. The second kappa shape index (κ2) is 41.2. The van der Waals surface area contributed by atoms with Crippen LogP contribution in [-0.4, -0.2) is 69.4 Å². The number of fused-ring (bicyclic) bond motifs is 4. The summed E-state index contributed by atoms with van der Waals surface area (Å²) in [7, 11) is 0. The zero-order chi connectivity index (χ0) is 89.8. The first-order chi connectivity index (χ1) is 61.4. The van der Waals surface area contributed by atoms with Crippen molar-refractivity contribution in [1.82, 2.24) is 0 Å². The predicted octanol–water partition coefficient (Wildman–Crippen LogP) is 25.2. The highest BCUT2D eigenvalue weighted by Crippen LogP contribution is 2.49. The molecule has 0 aliphatic rings. The van der Waals surface area contributed by atoms with Crippen LogP contribution in [0.25, 0.3) is 64.6 Å². The second-order valence-electron chi connectivity index (χ2n) is 27.2. The summed E-state index contributed by atoms with van der Waals surface area (Å²) < 4.78 is 99.6. The zero-order valence-electron chi connectivity index (χ0n) is 66.5. The molecule has 5 heterocycles. The number of carbonyl (C=O) groups is 8. The first kappa shape index (κ1) is 89.4. The van der Waals surface area contributed by atoms with E-state index in [4.69, 9.17) is 18.9 Å². The van der Waals surface area contributed by atoms with Gasteiger partial charge in [-0.15, -0.1) is 56.7 Å². The van der Waals surface area contributed by atoms with Gasteiger partial charge >= 0.3 is 6.18 Å². The van der Waals surface area contributed by atoms with Gasteiger partial charge in [0.25, 0.3) is 25.9 Å². The Kier molecular flexibility index (Phi) is 29.0.